The molecule has 0 aliphatic heterocycles. The number of nitro groups is 1. The van der Waals surface area contributed by atoms with E-state index in [0.717, 1.165) is 12.1 Å². The van der Waals surface area contributed by atoms with Crippen molar-refractivity contribution >= 4 is 5.69 Å². The molecule has 7 heteroatoms. The van der Waals surface area contributed by atoms with Crippen molar-refractivity contribution in [2.24, 2.45) is 0 Å². The van der Waals surface area contributed by atoms with E-state index < -0.39 is 28.6 Å². The largest absolute Gasteiger partial charge is 0.390 e. The SMILES string of the molecule is CNCCC(O)C(O)c1cc(F)c([N+](=O)[O-])cc1C. The van der Waals surface area contributed by atoms with Gasteiger partial charge < -0.3 is 15.5 Å². The second-order valence-electron chi connectivity index (χ2n) is 4.32. The molecule has 0 saturated heterocycles. The highest BCUT2D eigenvalue weighted by Crippen LogP contribution is 2.28. The van der Waals surface area contributed by atoms with Crippen molar-refractivity contribution in [2.45, 2.75) is 25.6 Å². The Balaban J connectivity index is 3.01. The molecular weight excluding hydrogens is 255 g/mol. The highest BCUT2D eigenvalue weighted by molar-refractivity contribution is 5.42. The molecule has 0 aliphatic carbocycles. The number of aliphatic hydroxyl groups is 2. The van der Waals surface area contributed by atoms with Gasteiger partial charge in [-0.25, -0.2) is 0 Å². The number of benzene rings is 1. The van der Waals surface area contributed by atoms with Crippen LogP contribution in [-0.2, 0) is 0 Å². The summed E-state index contributed by atoms with van der Waals surface area (Å²) in [5.41, 5.74) is -0.117. The molecule has 1 rings (SSSR count). The normalized spacial score (nSPS) is 14.2. The standard InChI is InChI=1S/C12H17FN2O4/c1-7-5-10(15(18)19)9(13)6-8(7)12(17)11(16)3-4-14-2/h5-6,11-12,14,16-17H,3-4H2,1-2H3. The fourth-order valence-corrected chi connectivity index (χ4v) is 1.80. The molecule has 2 atom stereocenters. The summed E-state index contributed by atoms with van der Waals surface area (Å²) in [4.78, 5) is 9.75. The third-order valence-corrected chi connectivity index (χ3v) is 2.91. The molecule has 0 aliphatic rings. The topological polar surface area (TPSA) is 95.6 Å². The number of halogens is 1. The number of nitrogens with one attached hydrogen (secondary N) is 1. The van der Waals surface area contributed by atoms with Crippen LogP contribution < -0.4 is 5.32 Å². The molecule has 19 heavy (non-hydrogen) atoms. The van der Waals surface area contributed by atoms with Gasteiger partial charge in [-0.2, -0.15) is 4.39 Å². The zero-order valence-corrected chi connectivity index (χ0v) is 10.8. The Morgan fingerprint density at radius 1 is 1.47 bits per heavy atom. The van der Waals surface area contributed by atoms with Gasteiger partial charge in [-0.15, -0.1) is 0 Å². The van der Waals surface area contributed by atoms with Crippen LogP contribution in [0.1, 0.15) is 23.7 Å². The summed E-state index contributed by atoms with van der Waals surface area (Å²) in [5, 5.41) is 33.1. The van der Waals surface area contributed by atoms with Gasteiger partial charge in [-0.05, 0) is 44.1 Å². The summed E-state index contributed by atoms with van der Waals surface area (Å²) < 4.78 is 13.5. The predicted octanol–water partition coefficient (Wildman–Crippen LogP) is 1.05. The van der Waals surface area contributed by atoms with E-state index in [1.165, 1.54) is 6.92 Å². The molecule has 0 aromatic heterocycles. The van der Waals surface area contributed by atoms with Gasteiger partial charge >= 0.3 is 5.69 Å². The van der Waals surface area contributed by atoms with E-state index in [1.54, 1.807) is 7.05 Å². The van der Waals surface area contributed by atoms with Gasteiger partial charge in [-0.1, -0.05) is 0 Å². The van der Waals surface area contributed by atoms with Crippen LogP contribution in [0.25, 0.3) is 0 Å². The lowest BCUT2D eigenvalue weighted by atomic mass is 9.97. The van der Waals surface area contributed by atoms with Gasteiger partial charge in [0.25, 0.3) is 0 Å². The zero-order valence-electron chi connectivity index (χ0n) is 10.8. The van der Waals surface area contributed by atoms with Gasteiger partial charge in [0.2, 0.25) is 5.82 Å². The molecule has 0 fully saturated rings. The predicted molar refractivity (Wildman–Crippen MR) is 67.3 cm³/mol. The third kappa shape index (κ3) is 3.69. The lowest BCUT2D eigenvalue weighted by Gasteiger charge is -2.19. The van der Waals surface area contributed by atoms with E-state index in [9.17, 15) is 24.7 Å². The number of hydrogen-bond donors (Lipinski definition) is 3. The van der Waals surface area contributed by atoms with Crippen LogP contribution in [0.4, 0.5) is 10.1 Å². The number of aryl methyl sites for hydroxylation is 1. The third-order valence-electron chi connectivity index (χ3n) is 2.91. The van der Waals surface area contributed by atoms with E-state index in [-0.39, 0.29) is 12.0 Å². The van der Waals surface area contributed by atoms with Crippen LogP contribution in [-0.4, -0.2) is 34.8 Å². The Labute approximate surface area is 110 Å². The van der Waals surface area contributed by atoms with Gasteiger partial charge in [-0.3, -0.25) is 10.1 Å². The van der Waals surface area contributed by atoms with E-state index in [1.807, 2.05) is 0 Å². The van der Waals surface area contributed by atoms with Crippen molar-refractivity contribution in [2.75, 3.05) is 13.6 Å². The molecule has 2 unspecified atom stereocenters. The molecule has 0 amide bonds. The second kappa shape index (κ2) is 6.55. The zero-order chi connectivity index (χ0) is 14.6. The minimum Gasteiger partial charge on any atom is -0.390 e. The lowest BCUT2D eigenvalue weighted by molar-refractivity contribution is -0.387. The first-order chi connectivity index (χ1) is 8.88. The van der Waals surface area contributed by atoms with Crippen LogP contribution in [0.3, 0.4) is 0 Å². The number of aliphatic hydroxyl groups excluding tert-OH is 2. The molecule has 0 heterocycles. The molecule has 1 aromatic carbocycles. The highest BCUT2D eigenvalue weighted by atomic mass is 19.1. The molecule has 6 nitrogen and oxygen atoms in total. The molecule has 106 valence electrons. The van der Waals surface area contributed by atoms with Crippen molar-refractivity contribution in [1.29, 1.82) is 0 Å². The first-order valence-corrected chi connectivity index (χ1v) is 5.83. The summed E-state index contributed by atoms with van der Waals surface area (Å²) in [6, 6.07) is 1.96. The van der Waals surface area contributed by atoms with Crippen LogP contribution in [0, 0.1) is 22.9 Å². The summed E-state index contributed by atoms with van der Waals surface area (Å²) in [6.45, 7) is 2.02. The minimum atomic E-state index is -1.27. The number of hydrogen-bond acceptors (Lipinski definition) is 5. The maximum atomic E-state index is 13.5. The van der Waals surface area contributed by atoms with Crippen molar-refractivity contribution in [3.63, 3.8) is 0 Å². The van der Waals surface area contributed by atoms with E-state index in [4.69, 9.17) is 0 Å². The maximum Gasteiger partial charge on any atom is 0.305 e. The van der Waals surface area contributed by atoms with Crippen LogP contribution in [0.2, 0.25) is 0 Å². The first kappa shape index (κ1) is 15.5. The number of rotatable bonds is 6. The Hall–Kier alpha value is -1.57. The average Bonchev–Trinajstić information content (AvgIpc) is 2.36. The Kier molecular flexibility index (Phi) is 5.34. The van der Waals surface area contributed by atoms with Gasteiger partial charge in [0.15, 0.2) is 0 Å². The van der Waals surface area contributed by atoms with Crippen LogP contribution >= 0.6 is 0 Å². The second-order valence-corrected chi connectivity index (χ2v) is 4.32. The summed E-state index contributed by atoms with van der Waals surface area (Å²) in [5.74, 6) is -1.02. The van der Waals surface area contributed by atoms with Gasteiger partial charge in [0.05, 0.1) is 11.0 Å². The molecule has 1 aromatic rings. The van der Waals surface area contributed by atoms with Crippen molar-refractivity contribution in [3.05, 3.63) is 39.2 Å². The van der Waals surface area contributed by atoms with E-state index >= 15 is 0 Å². The Morgan fingerprint density at radius 3 is 2.63 bits per heavy atom. The van der Waals surface area contributed by atoms with Crippen molar-refractivity contribution in [3.8, 4) is 0 Å². The maximum absolute atomic E-state index is 13.5. The molecular formula is C12H17FN2O4. The Morgan fingerprint density at radius 2 is 2.11 bits per heavy atom. The minimum absolute atomic E-state index is 0.159. The molecule has 0 bridgehead atoms. The van der Waals surface area contributed by atoms with E-state index in [2.05, 4.69) is 5.32 Å². The summed E-state index contributed by atoms with van der Waals surface area (Å²) in [6.07, 6.45) is -2.05. The fraction of sp³-hybridized carbons (Fsp3) is 0.500. The van der Waals surface area contributed by atoms with E-state index in [0.29, 0.717) is 12.1 Å². The van der Waals surface area contributed by atoms with Crippen molar-refractivity contribution in [1.82, 2.24) is 5.32 Å². The molecule has 0 radical (unpaired) electrons. The highest BCUT2D eigenvalue weighted by Gasteiger charge is 2.24. The van der Waals surface area contributed by atoms with Crippen LogP contribution in [0.15, 0.2) is 12.1 Å². The monoisotopic (exact) mass is 272 g/mol. The lowest BCUT2D eigenvalue weighted by Crippen LogP contribution is -2.24. The number of nitrogens with zero attached hydrogens (tertiary/aromatic N) is 1. The quantitative estimate of drug-likeness (QED) is 0.531. The van der Waals surface area contributed by atoms with Crippen molar-refractivity contribution < 1.29 is 19.5 Å². The van der Waals surface area contributed by atoms with Crippen LogP contribution in [0.5, 0.6) is 0 Å². The number of nitro benzene ring substituents is 1. The van der Waals surface area contributed by atoms with Gasteiger partial charge in [0, 0.05) is 6.07 Å². The first-order valence-electron chi connectivity index (χ1n) is 5.83. The molecule has 0 saturated carbocycles. The summed E-state index contributed by atoms with van der Waals surface area (Å²) >= 11 is 0. The summed E-state index contributed by atoms with van der Waals surface area (Å²) in [7, 11) is 1.70. The smallest absolute Gasteiger partial charge is 0.305 e. The van der Waals surface area contributed by atoms with Gasteiger partial charge in [0.1, 0.15) is 6.10 Å². The molecule has 3 N–H and O–H groups in total. The fourth-order valence-electron chi connectivity index (χ4n) is 1.80. The molecule has 0 spiro atoms. The Bertz CT molecular complexity index is 467. The average molecular weight is 272 g/mol.